The van der Waals surface area contributed by atoms with E-state index in [-0.39, 0.29) is 118 Å². The van der Waals surface area contributed by atoms with Crippen molar-refractivity contribution in [1.29, 1.82) is 0 Å². The largest absolute Gasteiger partial charge is 0.458 e. The summed E-state index contributed by atoms with van der Waals surface area (Å²) >= 11 is 0. The molecule has 0 N–H and O–H groups in total. The van der Waals surface area contributed by atoms with Gasteiger partial charge in [0.05, 0.1) is 6.10 Å². The first-order valence-corrected chi connectivity index (χ1v) is 23.0. The van der Waals surface area contributed by atoms with Gasteiger partial charge in [0.1, 0.15) is 77.3 Å². The second-order valence-electron chi connectivity index (χ2n) is 22.4. The van der Waals surface area contributed by atoms with E-state index in [1.165, 1.54) is 11.1 Å². The number of hydrogen-bond donors (Lipinski definition) is 0. The second-order valence-corrected chi connectivity index (χ2v) is 22.4. The predicted molar refractivity (Wildman–Crippen MR) is 215 cm³/mol. The molecule has 0 amide bonds. The molecule has 14 rings (SSSR count). The highest BCUT2D eigenvalue weighted by molar-refractivity contribution is 5.95. The van der Waals surface area contributed by atoms with Crippen molar-refractivity contribution in [3.63, 3.8) is 0 Å². The highest BCUT2D eigenvalue weighted by Gasteiger charge is 3.02. The summed E-state index contributed by atoms with van der Waals surface area (Å²) in [6, 6.07) is 0. The Bertz CT molecular complexity index is 2160. The maximum absolute atomic E-state index is 12.6. The third-order valence-corrected chi connectivity index (χ3v) is 21.5. The van der Waals surface area contributed by atoms with E-state index in [1.807, 2.05) is 0 Å². The van der Waals surface area contributed by atoms with E-state index in [4.69, 9.17) is 37.9 Å². The lowest BCUT2D eigenvalue weighted by molar-refractivity contribution is -0.137. The van der Waals surface area contributed by atoms with Crippen LogP contribution in [-0.4, -0.2) is 95.4 Å². The first-order chi connectivity index (χ1) is 27.4. The molecule has 0 bridgehead atoms. The van der Waals surface area contributed by atoms with Crippen molar-refractivity contribution in [1.82, 2.24) is 0 Å². The molecule has 6 saturated heterocycles. The maximum atomic E-state index is 12.6. The summed E-state index contributed by atoms with van der Waals surface area (Å²) in [6.45, 7) is 28.5. The average Bonchev–Trinajstić information content (AvgIpc) is 3.94. The standard InChI is InChI=1S/C25H34O5.C23H28O5.CH4/c1-8-12(3)23-14(5)24-17(29-24)13(4)22(7)15-10-27-20(26)16(15)11(2)9-21(22,6)25(24)19(30-25)18(23)28-23;1-6-11(3)21-12(4)22-15(26-22)7-14-13-9-25-19(24)16(13)10(2)8-20(14,5)23(22)18(28-23)17(21)27-21;/h11-14,17-19H,8-10H2,1-7H3;7,10-12,15,17-18H,6,8-9H2,1-5H3;1H4/t11?,12?,13?,14?,17-,18-,19-,21-,22?,23+,24-,25+;10?,11?,12?,15-,17-,18-,20-,21+,22-,23+;/m00./s1. The van der Waals surface area contributed by atoms with Crippen LogP contribution in [0.5, 0.6) is 0 Å². The van der Waals surface area contributed by atoms with Crippen LogP contribution >= 0.6 is 0 Å². The molecule has 9 fully saturated rings. The number of hydrogen-bond acceptors (Lipinski definition) is 10. The molecule has 0 aromatic rings. The minimum absolute atomic E-state index is 0. The molecule has 8 aliphatic heterocycles. The predicted octanol–water partition coefficient (Wildman–Crippen LogP) is 7.22. The van der Waals surface area contributed by atoms with Gasteiger partial charge < -0.3 is 37.9 Å². The number of epoxide rings is 6. The van der Waals surface area contributed by atoms with Crippen LogP contribution in [0.15, 0.2) is 33.9 Å². The fourth-order valence-electron chi connectivity index (χ4n) is 18.1. The molecule has 8 unspecified atom stereocenters. The van der Waals surface area contributed by atoms with Crippen molar-refractivity contribution < 1.29 is 47.5 Å². The Morgan fingerprint density at radius 1 is 0.661 bits per heavy atom. The molecule has 0 aromatic heterocycles. The molecule has 10 heteroatoms. The summed E-state index contributed by atoms with van der Waals surface area (Å²) in [5.41, 5.74) is 3.52. The molecule has 0 radical (unpaired) electrons. The summed E-state index contributed by atoms with van der Waals surface area (Å²) in [6.07, 6.45) is 7.13. The van der Waals surface area contributed by atoms with Crippen LogP contribution in [0.2, 0.25) is 0 Å². The van der Waals surface area contributed by atoms with Crippen LogP contribution in [0.25, 0.3) is 0 Å². The second kappa shape index (κ2) is 10.5. The fraction of sp³-hybridized carbons (Fsp3) is 0.837. The van der Waals surface area contributed by atoms with Crippen molar-refractivity contribution >= 4 is 11.9 Å². The monoisotopic (exact) mass is 814 g/mol. The molecule has 0 aromatic carbocycles. The summed E-state index contributed by atoms with van der Waals surface area (Å²) in [7, 11) is 0. The topological polar surface area (TPSA) is 128 Å². The van der Waals surface area contributed by atoms with Gasteiger partial charge in [-0.2, -0.15) is 0 Å². The SMILES string of the molecule is C.CCC(C)[C@]12O[C@H]1[C@@H]1O[C@@]13[C@@]1(C)CC(C)C4=C(COC4=O)C1(C)C(C)[C@@H]1O[C@@]13C2C.CCC(C)[C@]12O[C@H]1[C@@H]1O[C@@]13[C@@]1(C)CC(C)C4=C(COC4=O)C1=C[C@@H]1O[C@@]13C2C. The molecule has 3 saturated carbocycles. The number of carbonyl (C=O) groups excluding carboxylic acids is 2. The van der Waals surface area contributed by atoms with Crippen LogP contribution in [-0.2, 0) is 47.5 Å². The summed E-state index contributed by atoms with van der Waals surface area (Å²) in [5, 5.41) is 0. The average molecular weight is 815 g/mol. The minimum atomic E-state index is -0.329. The van der Waals surface area contributed by atoms with Gasteiger partial charge in [0.15, 0.2) is 0 Å². The number of fused-ring (bicyclic) bond motifs is 8. The molecule has 22 atom stereocenters. The molecular formula is C49H66O10. The van der Waals surface area contributed by atoms with Gasteiger partial charge in [-0.1, -0.05) is 103 Å². The third kappa shape index (κ3) is 3.39. The molecule has 4 spiro atoms. The van der Waals surface area contributed by atoms with Gasteiger partial charge in [-0.25, -0.2) is 9.59 Å². The zero-order valence-electron chi connectivity index (χ0n) is 36.4. The number of esters is 2. The first-order valence-electron chi connectivity index (χ1n) is 23.0. The van der Waals surface area contributed by atoms with E-state index >= 15 is 0 Å². The quantitative estimate of drug-likeness (QED) is 0.212. The molecule has 322 valence electrons. The lowest BCUT2D eigenvalue weighted by Crippen LogP contribution is -2.71. The lowest BCUT2D eigenvalue weighted by Gasteiger charge is -2.62. The first kappa shape index (κ1) is 38.6. The van der Waals surface area contributed by atoms with Crippen molar-refractivity contribution in [3.05, 3.63) is 33.9 Å². The van der Waals surface area contributed by atoms with E-state index in [2.05, 4.69) is 89.2 Å². The number of ether oxygens (including phenoxy) is 8. The zero-order chi connectivity index (χ0) is 40.7. The van der Waals surface area contributed by atoms with Crippen LogP contribution in [0.1, 0.15) is 116 Å². The Hall–Kier alpha value is -2.08. The van der Waals surface area contributed by atoms with Crippen LogP contribution in [0.3, 0.4) is 0 Å². The fourth-order valence-corrected chi connectivity index (χ4v) is 18.1. The van der Waals surface area contributed by atoms with Gasteiger partial charge in [-0.05, 0) is 59.7 Å². The summed E-state index contributed by atoms with van der Waals surface area (Å²) in [4.78, 5) is 24.9. The van der Waals surface area contributed by atoms with Crippen molar-refractivity contribution in [2.24, 2.45) is 57.7 Å². The lowest BCUT2D eigenvalue weighted by atomic mass is 9.37. The van der Waals surface area contributed by atoms with E-state index in [0.29, 0.717) is 42.8 Å². The Morgan fingerprint density at radius 2 is 1.22 bits per heavy atom. The van der Waals surface area contributed by atoms with E-state index in [0.717, 1.165) is 42.4 Å². The number of carbonyl (C=O) groups is 2. The van der Waals surface area contributed by atoms with Crippen LogP contribution in [0.4, 0.5) is 0 Å². The smallest absolute Gasteiger partial charge is 0.335 e. The minimum Gasteiger partial charge on any atom is -0.458 e. The van der Waals surface area contributed by atoms with Crippen molar-refractivity contribution in [3.8, 4) is 0 Å². The Kier molecular flexibility index (Phi) is 6.85. The van der Waals surface area contributed by atoms with Gasteiger partial charge in [0.2, 0.25) is 0 Å². The molecule has 6 aliphatic carbocycles. The molecule has 8 heterocycles. The molecular weight excluding hydrogens is 749 g/mol. The number of rotatable bonds is 4. The number of cyclic esters (lactones) is 2. The Morgan fingerprint density at radius 3 is 1.86 bits per heavy atom. The normalized spacial score (nSPS) is 61.5. The third-order valence-electron chi connectivity index (χ3n) is 21.5. The van der Waals surface area contributed by atoms with E-state index < -0.39 is 0 Å². The summed E-state index contributed by atoms with van der Waals surface area (Å²) < 4.78 is 51.1. The maximum Gasteiger partial charge on any atom is 0.335 e. The highest BCUT2D eigenvalue weighted by atomic mass is 16.7. The van der Waals surface area contributed by atoms with Crippen LogP contribution in [0, 0.1) is 57.7 Å². The van der Waals surface area contributed by atoms with Crippen LogP contribution < -0.4 is 0 Å². The van der Waals surface area contributed by atoms with Gasteiger partial charge in [0.25, 0.3) is 0 Å². The molecule has 59 heavy (non-hydrogen) atoms. The van der Waals surface area contributed by atoms with Crippen molar-refractivity contribution in [2.45, 2.75) is 186 Å². The van der Waals surface area contributed by atoms with Gasteiger partial charge in [-0.3, -0.25) is 0 Å². The zero-order valence-corrected chi connectivity index (χ0v) is 36.4. The van der Waals surface area contributed by atoms with Crippen molar-refractivity contribution in [2.75, 3.05) is 13.2 Å². The van der Waals surface area contributed by atoms with Gasteiger partial charge in [0, 0.05) is 44.8 Å². The van der Waals surface area contributed by atoms with Gasteiger partial charge >= 0.3 is 11.9 Å². The van der Waals surface area contributed by atoms with E-state index in [9.17, 15) is 9.59 Å². The Labute approximate surface area is 349 Å². The van der Waals surface area contributed by atoms with E-state index in [1.54, 1.807) is 0 Å². The molecule has 14 aliphatic rings. The Balaban J connectivity index is 0.000000126. The molecule has 10 nitrogen and oxygen atoms in total. The highest BCUT2D eigenvalue weighted by Crippen LogP contribution is 2.88. The summed E-state index contributed by atoms with van der Waals surface area (Å²) in [5.74, 6) is 2.02. The van der Waals surface area contributed by atoms with Gasteiger partial charge in [-0.15, -0.1) is 0 Å².